The molecule has 0 bridgehead atoms. The number of furan rings is 1. The molecule has 0 saturated heterocycles. The number of allylic oxidation sites excluding steroid dienone is 1. The Morgan fingerprint density at radius 3 is 1.98 bits per heavy atom. The molecule has 0 saturated carbocycles. The molecule has 9 aromatic carbocycles. The van der Waals surface area contributed by atoms with E-state index in [4.69, 9.17) is 4.42 Å². The molecule has 0 aliphatic heterocycles. The van der Waals surface area contributed by atoms with Crippen LogP contribution in [-0.4, -0.2) is 4.57 Å². The van der Waals surface area contributed by atoms with Crippen molar-refractivity contribution in [2.45, 2.75) is 12.8 Å². The maximum Gasteiger partial charge on any atom is 0.135 e. The van der Waals surface area contributed by atoms with E-state index in [0.717, 1.165) is 57.5 Å². The molecule has 0 fully saturated rings. The minimum atomic E-state index is 0.888. The first-order valence-corrected chi connectivity index (χ1v) is 19.8. The standard InChI is InChI=1S/C54H36N2O/c1-2-12-35(13-3-1)36-22-25-38(26-23-36)55(41-31-33-51-48(34-41)44-17-9-11-21-50(44)57-51)39-27-29-40(30-28-39)56-49-20-10-8-19-47(49)53-52-42-15-5-4-14-37(42)24-32-45(52)43-16-6-7-18-46(43)54(53)56/h1-5,7-15,17-34H,6,16H2. The van der Waals surface area contributed by atoms with Gasteiger partial charge >= 0.3 is 0 Å². The van der Waals surface area contributed by atoms with Crippen LogP contribution >= 0.6 is 0 Å². The van der Waals surface area contributed by atoms with Gasteiger partial charge in [-0.3, -0.25) is 0 Å². The van der Waals surface area contributed by atoms with E-state index in [1.54, 1.807) is 0 Å². The molecular weight excluding hydrogens is 693 g/mol. The molecule has 2 aromatic heterocycles. The number of aromatic nitrogens is 1. The van der Waals surface area contributed by atoms with Crippen molar-refractivity contribution in [2.24, 2.45) is 0 Å². The van der Waals surface area contributed by atoms with Crippen molar-refractivity contribution in [2.75, 3.05) is 4.90 Å². The molecule has 0 amide bonds. The van der Waals surface area contributed by atoms with Gasteiger partial charge in [0, 0.05) is 49.9 Å². The molecule has 0 atom stereocenters. The number of fused-ring (bicyclic) bond motifs is 13. The number of rotatable bonds is 5. The van der Waals surface area contributed by atoms with Crippen molar-refractivity contribution >= 4 is 88.4 Å². The zero-order valence-electron chi connectivity index (χ0n) is 31.2. The van der Waals surface area contributed by atoms with Gasteiger partial charge in [0.25, 0.3) is 0 Å². The average molecular weight is 729 g/mol. The molecule has 3 nitrogen and oxygen atoms in total. The number of nitrogens with zero attached hydrogens (tertiary/aromatic N) is 2. The summed E-state index contributed by atoms with van der Waals surface area (Å²) in [7, 11) is 0. The lowest BCUT2D eigenvalue weighted by Crippen LogP contribution is -2.10. The third kappa shape index (κ3) is 4.92. The quantitative estimate of drug-likeness (QED) is 0.165. The Morgan fingerprint density at radius 2 is 1.14 bits per heavy atom. The molecule has 1 aliphatic carbocycles. The van der Waals surface area contributed by atoms with Gasteiger partial charge in [0.1, 0.15) is 11.2 Å². The van der Waals surface area contributed by atoms with Gasteiger partial charge in [-0.25, -0.2) is 0 Å². The lowest BCUT2D eigenvalue weighted by Gasteiger charge is -2.26. The van der Waals surface area contributed by atoms with E-state index in [0.29, 0.717) is 0 Å². The number of aryl methyl sites for hydroxylation is 1. The number of benzene rings is 9. The van der Waals surface area contributed by atoms with Gasteiger partial charge in [-0.1, -0.05) is 127 Å². The summed E-state index contributed by atoms with van der Waals surface area (Å²) >= 11 is 0. The second-order valence-electron chi connectivity index (χ2n) is 15.2. The maximum absolute atomic E-state index is 6.25. The molecule has 2 heterocycles. The second-order valence-corrected chi connectivity index (χ2v) is 15.2. The van der Waals surface area contributed by atoms with Gasteiger partial charge < -0.3 is 13.9 Å². The summed E-state index contributed by atoms with van der Waals surface area (Å²) in [4.78, 5) is 2.36. The zero-order valence-corrected chi connectivity index (χ0v) is 31.2. The van der Waals surface area contributed by atoms with Gasteiger partial charge in [-0.2, -0.15) is 0 Å². The Labute approximate surface area is 329 Å². The number of para-hydroxylation sites is 2. The van der Waals surface area contributed by atoms with Gasteiger partial charge in [0.2, 0.25) is 0 Å². The van der Waals surface area contributed by atoms with Crippen LogP contribution in [0.5, 0.6) is 0 Å². The fourth-order valence-electron chi connectivity index (χ4n) is 9.46. The monoisotopic (exact) mass is 728 g/mol. The first kappa shape index (κ1) is 31.9. The molecule has 268 valence electrons. The lowest BCUT2D eigenvalue weighted by atomic mass is 9.86. The van der Waals surface area contributed by atoms with Crippen molar-refractivity contribution in [1.29, 1.82) is 0 Å². The van der Waals surface area contributed by atoms with Gasteiger partial charge in [-0.15, -0.1) is 0 Å². The van der Waals surface area contributed by atoms with Crippen molar-refractivity contribution in [3.63, 3.8) is 0 Å². The van der Waals surface area contributed by atoms with Gasteiger partial charge in [0.15, 0.2) is 0 Å². The summed E-state index contributed by atoms with van der Waals surface area (Å²) in [6.45, 7) is 0. The molecule has 0 N–H and O–H groups in total. The van der Waals surface area contributed by atoms with Gasteiger partial charge in [-0.05, 0) is 118 Å². The summed E-state index contributed by atoms with van der Waals surface area (Å²) in [5, 5.41) is 10.1. The van der Waals surface area contributed by atoms with E-state index >= 15 is 0 Å². The molecular formula is C54H36N2O. The SMILES string of the molecule is C1=Cc2c(c3ccc4ccccc4c3c3c4ccccc4n(-c4ccc(N(c5ccc(-c6ccccc6)cc5)c5ccc6oc7ccccc7c6c5)cc4)c23)CC1. The predicted octanol–water partition coefficient (Wildman–Crippen LogP) is 15.1. The number of hydrogen-bond acceptors (Lipinski definition) is 2. The molecule has 0 spiro atoms. The highest BCUT2D eigenvalue weighted by atomic mass is 16.3. The summed E-state index contributed by atoms with van der Waals surface area (Å²) < 4.78 is 8.76. The number of anilines is 3. The maximum atomic E-state index is 6.25. The Bertz CT molecular complexity index is 3390. The average Bonchev–Trinajstić information content (AvgIpc) is 3.83. The topological polar surface area (TPSA) is 21.3 Å². The van der Waals surface area contributed by atoms with Crippen LogP contribution in [0.15, 0.2) is 192 Å². The first-order valence-electron chi connectivity index (χ1n) is 19.8. The Hall–Kier alpha value is -7.36. The zero-order chi connectivity index (χ0) is 37.5. The Morgan fingerprint density at radius 1 is 0.474 bits per heavy atom. The van der Waals surface area contributed by atoms with E-state index in [-0.39, 0.29) is 0 Å². The van der Waals surface area contributed by atoms with E-state index < -0.39 is 0 Å². The third-order valence-electron chi connectivity index (χ3n) is 12.0. The van der Waals surface area contributed by atoms with E-state index in [1.165, 1.54) is 65.6 Å². The van der Waals surface area contributed by atoms with E-state index in [1.807, 2.05) is 12.1 Å². The van der Waals surface area contributed by atoms with Crippen LogP contribution in [-0.2, 0) is 6.42 Å². The largest absolute Gasteiger partial charge is 0.456 e. The molecule has 0 unspecified atom stereocenters. The van der Waals surface area contributed by atoms with Gasteiger partial charge in [0.05, 0.1) is 11.0 Å². The van der Waals surface area contributed by atoms with Crippen molar-refractivity contribution in [1.82, 2.24) is 4.57 Å². The second kappa shape index (κ2) is 12.6. The number of hydrogen-bond donors (Lipinski definition) is 0. The van der Waals surface area contributed by atoms with E-state index in [9.17, 15) is 0 Å². The van der Waals surface area contributed by atoms with E-state index in [2.05, 4.69) is 191 Å². The minimum Gasteiger partial charge on any atom is -0.456 e. The van der Waals surface area contributed by atoms with Crippen molar-refractivity contribution in [3.05, 3.63) is 199 Å². The summed E-state index contributed by atoms with van der Waals surface area (Å²) in [6, 6.07) is 65.9. The highest BCUT2D eigenvalue weighted by Crippen LogP contribution is 2.46. The fourth-order valence-corrected chi connectivity index (χ4v) is 9.46. The molecule has 57 heavy (non-hydrogen) atoms. The van der Waals surface area contributed by atoms with Crippen LogP contribution in [0.1, 0.15) is 17.5 Å². The smallest absolute Gasteiger partial charge is 0.135 e. The van der Waals surface area contributed by atoms with Crippen LogP contribution in [0, 0.1) is 0 Å². The highest BCUT2D eigenvalue weighted by molar-refractivity contribution is 6.30. The first-order chi connectivity index (χ1) is 28.3. The van der Waals surface area contributed by atoms with Crippen LogP contribution < -0.4 is 4.90 Å². The van der Waals surface area contributed by atoms with Crippen molar-refractivity contribution < 1.29 is 4.42 Å². The highest BCUT2D eigenvalue weighted by Gasteiger charge is 2.24. The normalized spacial score (nSPS) is 12.7. The molecule has 12 rings (SSSR count). The molecule has 11 aromatic rings. The third-order valence-corrected chi connectivity index (χ3v) is 12.0. The Balaban J connectivity index is 1.07. The minimum absolute atomic E-state index is 0.888. The van der Waals surface area contributed by atoms with Crippen LogP contribution in [0.4, 0.5) is 17.1 Å². The molecule has 1 aliphatic rings. The fraction of sp³-hybridized carbons (Fsp3) is 0.0370. The lowest BCUT2D eigenvalue weighted by molar-refractivity contribution is 0.669. The predicted molar refractivity (Wildman–Crippen MR) is 241 cm³/mol. The molecule has 0 radical (unpaired) electrons. The summed E-state index contributed by atoms with van der Waals surface area (Å²) in [5.74, 6) is 0. The van der Waals surface area contributed by atoms with Crippen LogP contribution in [0.3, 0.4) is 0 Å². The van der Waals surface area contributed by atoms with Crippen LogP contribution in [0.2, 0.25) is 0 Å². The van der Waals surface area contributed by atoms with Crippen molar-refractivity contribution in [3.8, 4) is 16.8 Å². The summed E-state index contributed by atoms with van der Waals surface area (Å²) in [5.41, 5.74) is 13.8. The molecule has 3 heteroatoms. The Kier molecular flexibility index (Phi) is 7.05. The summed E-state index contributed by atoms with van der Waals surface area (Å²) in [6.07, 6.45) is 6.81. The van der Waals surface area contributed by atoms with Crippen LogP contribution in [0.25, 0.3) is 88.2 Å².